The van der Waals surface area contributed by atoms with Crippen molar-refractivity contribution in [2.24, 2.45) is 34.5 Å². The van der Waals surface area contributed by atoms with E-state index in [4.69, 9.17) is 0 Å². The topological polar surface area (TPSA) is 46.2 Å². The van der Waals surface area contributed by atoms with E-state index in [-0.39, 0.29) is 22.8 Å². The summed E-state index contributed by atoms with van der Waals surface area (Å²) in [6.45, 7) is 9.11. The Balaban J connectivity index is 1.56. The molecule has 7 atom stereocenters. The minimum atomic E-state index is 0.167. The molecular weight excluding hydrogens is 334 g/mol. The average molecular weight is 372 g/mol. The molecular formula is C24H37NO2. The summed E-state index contributed by atoms with van der Waals surface area (Å²) in [6, 6.07) is 0.276. The molecule has 4 rings (SSSR count). The SMILES string of the molecule is CCC(C)NC(=O)C1CC[C@H]2[C@@H]3CCC4=CC(=O)CC[C@]4(C)[C@@H]3CC[C@]12C. The van der Waals surface area contributed by atoms with Gasteiger partial charge in [0.25, 0.3) is 0 Å². The van der Waals surface area contributed by atoms with Crippen LogP contribution in [0.25, 0.3) is 0 Å². The van der Waals surface area contributed by atoms with E-state index in [2.05, 4.69) is 33.0 Å². The van der Waals surface area contributed by atoms with Crippen LogP contribution < -0.4 is 5.32 Å². The number of hydrogen-bond acceptors (Lipinski definition) is 2. The molecule has 27 heavy (non-hydrogen) atoms. The molecule has 4 aliphatic carbocycles. The zero-order chi connectivity index (χ0) is 19.4. The lowest BCUT2D eigenvalue weighted by atomic mass is 9.47. The molecule has 0 aromatic heterocycles. The second-order valence-electron chi connectivity index (χ2n) is 10.5. The highest BCUT2D eigenvalue weighted by Gasteiger charge is 2.60. The van der Waals surface area contributed by atoms with Crippen LogP contribution in [0, 0.1) is 34.5 Å². The molecule has 0 aromatic rings. The molecule has 4 aliphatic rings. The summed E-state index contributed by atoms with van der Waals surface area (Å²) >= 11 is 0. The van der Waals surface area contributed by atoms with Gasteiger partial charge in [-0.05, 0) is 93.0 Å². The molecule has 1 N–H and O–H groups in total. The normalized spacial score (nSPS) is 44.6. The molecule has 0 bridgehead atoms. The van der Waals surface area contributed by atoms with Gasteiger partial charge in [-0.3, -0.25) is 9.59 Å². The molecule has 3 saturated carbocycles. The van der Waals surface area contributed by atoms with E-state index in [0.29, 0.717) is 23.5 Å². The van der Waals surface area contributed by atoms with Crippen LogP contribution in [-0.2, 0) is 9.59 Å². The molecule has 0 saturated heterocycles. The van der Waals surface area contributed by atoms with Gasteiger partial charge < -0.3 is 5.32 Å². The van der Waals surface area contributed by atoms with Crippen LogP contribution >= 0.6 is 0 Å². The summed E-state index contributed by atoms with van der Waals surface area (Å²) < 4.78 is 0. The van der Waals surface area contributed by atoms with Gasteiger partial charge in [0.1, 0.15) is 0 Å². The summed E-state index contributed by atoms with van der Waals surface area (Å²) in [5, 5.41) is 3.27. The third-order valence-corrected chi connectivity index (χ3v) is 9.28. The van der Waals surface area contributed by atoms with Gasteiger partial charge in [0.15, 0.2) is 5.78 Å². The standard InChI is InChI=1S/C24H37NO2/c1-5-15(2)25-22(27)21-9-8-19-18-7-6-16-14-17(26)10-12-23(16,3)20(18)11-13-24(19,21)4/h14-15,18-21H,5-13H2,1-4H3,(H,25,27)/t15?,18-,19-,20+,21?,23-,24-/m0/s1. The molecule has 2 unspecified atom stereocenters. The minimum absolute atomic E-state index is 0.167. The van der Waals surface area contributed by atoms with Crippen molar-refractivity contribution >= 4 is 11.7 Å². The molecule has 3 nitrogen and oxygen atoms in total. The summed E-state index contributed by atoms with van der Waals surface area (Å²) in [7, 11) is 0. The first kappa shape index (κ1) is 19.2. The maximum absolute atomic E-state index is 13.0. The smallest absolute Gasteiger partial charge is 0.223 e. The molecule has 0 aliphatic heterocycles. The highest BCUT2D eigenvalue weighted by molar-refractivity contribution is 5.91. The minimum Gasteiger partial charge on any atom is -0.353 e. The van der Waals surface area contributed by atoms with Crippen LogP contribution in [0.4, 0.5) is 0 Å². The molecule has 3 fully saturated rings. The Kier molecular flexibility index (Phi) is 4.79. The fourth-order valence-corrected chi connectivity index (χ4v) is 7.44. The average Bonchev–Trinajstić information content (AvgIpc) is 2.99. The summed E-state index contributed by atoms with van der Waals surface area (Å²) in [5.41, 5.74) is 1.84. The number of carbonyl (C=O) groups is 2. The number of ketones is 1. The third kappa shape index (κ3) is 2.91. The van der Waals surface area contributed by atoms with Gasteiger partial charge in [-0.15, -0.1) is 0 Å². The number of rotatable bonds is 3. The van der Waals surface area contributed by atoms with Gasteiger partial charge in [0, 0.05) is 18.4 Å². The number of hydrogen-bond donors (Lipinski definition) is 1. The fraction of sp³-hybridized carbons (Fsp3) is 0.833. The zero-order valence-electron chi connectivity index (χ0n) is 17.6. The molecule has 0 heterocycles. The van der Waals surface area contributed by atoms with E-state index in [0.717, 1.165) is 38.0 Å². The van der Waals surface area contributed by atoms with Crippen molar-refractivity contribution in [2.45, 2.75) is 91.5 Å². The number of fused-ring (bicyclic) bond motifs is 5. The molecule has 1 amide bonds. The fourth-order valence-electron chi connectivity index (χ4n) is 7.44. The lowest BCUT2D eigenvalue weighted by molar-refractivity contribution is -0.133. The van der Waals surface area contributed by atoms with Gasteiger partial charge in [-0.25, -0.2) is 0 Å². The molecule has 0 radical (unpaired) electrons. The quantitative estimate of drug-likeness (QED) is 0.754. The maximum atomic E-state index is 13.0. The number of nitrogens with one attached hydrogen (secondary N) is 1. The van der Waals surface area contributed by atoms with E-state index >= 15 is 0 Å². The van der Waals surface area contributed by atoms with Gasteiger partial charge in [-0.1, -0.05) is 26.3 Å². The monoisotopic (exact) mass is 371 g/mol. The second kappa shape index (κ2) is 6.74. The molecule has 0 spiro atoms. The lowest BCUT2D eigenvalue weighted by Crippen LogP contribution is -2.52. The Morgan fingerprint density at radius 1 is 1.15 bits per heavy atom. The zero-order valence-corrected chi connectivity index (χ0v) is 17.6. The highest BCUT2D eigenvalue weighted by Crippen LogP contribution is 2.66. The number of amides is 1. The van der Waals surface area contributed by atoms with E-state index < -0.39 is 0 Å². The number of allylic oxidation sites excluding steroid dienone is 1. The van der Waals surface area contributed by atoms with Gasteiger partial charge in [0.2, 0.25) is 5.91 Å². The Morgan fingerprint density at radius 2 is 1.93 bits per heavy atom. The van der Waals surface area contributed by atoms with Gasteiger partial charge >= 0.3 is 0 Å². The van der Waals surface area contributed by atoms with Crippen molar-refractivity contribution in [1.29, 1.82) is 0 Å². The van der Waals surface area contributed by atoms with Gasteiger partial charge in [0.05, 0.1) is 0 Å². The highest BCUT2D eigenvalue weighted by atomic mass is 16.2. The van der Waals surface area contributed by atoms with E-state index in [9.17, 15) is 9.59 Å². The van der Waals surface area contributed by atoms with Crippen molar-refractivity contribution in [3.63, 3.8) is 0 Å². The number of carbonyl (C=O) groups excluding carboxylic acids is 2. The molecule has 150 valence electrons. The van der Waals surface area contributed by atoms with Crippen LogP contribution in [0.2, 0.25) is 0 Å². The summed E-state index contributed by atoms with van der Waals surface area (Å²) in [5.74, 6) is 2.96. The lowest BCUT2D eigenvalue weighted by Gasteiger charge is -2.58. The molecule has 0 aromatic carbocycles. The van der Waals surface area contributed by atoms with Crippen molar-refractivity contribution in [3.05, 3.63) is 11.6 Å². The maximum Gasteiger partial charge on any atom is 0.223 e. The first-order chi connectivity index (χ1) is 12.8. The van der Waals surface area contributed by atoms with Crippen LogP contribution in [0.3, 0.4) is 0 Å². The summed E-state index contributed by atoms with van der Waals surface area (Å²) in [6.07, 6.45) is 11.8. The van der Waals surface area contributed by atoms with Crippen molar-refractivity contribution < 1.29 is 9.59 Å². The molecule has 3 heteroatoms. The van der Waals surface area contributed by atoms with Crippen LogP contribution in [-0.4, -0.2) is 17.7 Å². The van der Waals surface area contributed by atoms with E-state index in [1.165, 1.54) is 31.3 Å². The Hall–Kier alpha value is -1.12. The van der Waals surface area contributed by atoms with E-state index in [1.807, 2.05) is 6.08 Å². The third-order valence-electron chi connectivity index (χ3n) is 9.28. The Morgan fingerprint density at radius 3 is 2.67 bits per heavy atom. The first-order valence-electron chi connectivity index (χ1n) is 11.3. The van der Waals surface area contributed by atoms with Crippen LogP contribution in [0.15, 0.2) is 11.6 Å². The van der Waals surface area contributed by atoms with Crippen molar-refractivity contribution in [3.8, 4) is 0 Å². The first-order valence-corrected chi connectivity index (χ1v) is 11.3. The Labute approximate surface area is 164 Å². The summed E-state index contributed by atoms with van der Waals surface area (Å²) in [4.78, 5) is 25.0. The predicted molar refractivity (Wildman–Crippen MR) is 108 cm³/mol. The second-order valence-corrected chi connectivity index (χ2v) is 10.5. The van der Waals surface area contributed by atoms with Crippen molar-refractivity contribution in [1.82, 2.24) is 5.32 Å². The Bertz CT molecular complexity index is 667. The van der Waals surface area contributed by atoms with Crippen LogP contribution in [0.1, 0.15) is 85.5 Å². The van der Waals surface area contributed by atoms with E-state index in [1.54, 1.807) is 0 Å². The largest absolute Gasteiger partial charge is 0.353 e. The van der Waals surface area contributed by atoms with Crippen molar-refractivity contribution in [2.75, 3.05) is 0 Å². The van der Waals surface area contributed by atoms with Crippen LogP contribution in [0.5, 0.6) is 0 Å². The van der Waals surface area contributed by atoms with Gasteiger partial charge in [-0.2, -0.15) is 0 Å². The predicted octanol–water partition coefficient (Wildman–Crippen LogP) is 5.05.